The van der Waals surface area contributed by atoms with Gasteiger partial charge in [-0.3, -0.25) is 4.79 Å². The van der Waals surface area contributed by atoms with Gasteiger partial charge < -0.3 is 14.6 Å². The van der Waals surface area contributed by atoms with E-state index in [1.54, 1.807) is 0 Å². The van der Waals surface area contributed by atoms with Crippen LogP contribution in [0.5, 0.6) is 11.8 Å². The lowest BCUT2D eigenvalue weighted by Gasteiger charge is -2.08. The molecule has 0 aromatic carbocycles. The van der Waals surface area contributed by atoms with Crippen LogP contribution in [0.3, 0.4) is 0 Å². The first kappa shape index (κ1) is 11.2. The van der Waals surface area contributed by atoms with Crippen LogP contribution in [0.15, 0.2) is 6.07 Å². The van der Waals surface area contributed by atoms with Gasteiger partial charge in [-0.05, 0) is 6.92 Å². The fraction of sp³-hybridized carbons (Fsp3) is 0.444. The number of carboxylic acid groups (broad SMARTS) is 1. The molecule has 1 rings (SSSR count). The Morgan fingerprint density at radius 1 is 1.33 bits per heavy atom. The molecule has 6 heteroatoms. The second-order valence-corrected chi connectivity index (χ2v) is 2.87. The van der Waals surface area contributed by atoms with Crippen molar-refractivity contribution in [3.8, 4) is 11.8 Å². The van der Waals surface area contributed by atoms with Crippen LogP contribution in [0.2, 0.25) is 0 Å². The van der Waals surface area contributed by atoms with Crippen molar-refractivity contribution in [2.45, 2.75) is 12.8 Å². The molecule has 6 nitrogen and oxygen atoms in total. The maximum absolute atomic E-state index is 10.7. The predicted molar refractivity (Wildman–Crippen MR) is 51.2 cm³/mol. The molecule has 15 heavy (non-hydrogen) atoms. The third-order valence-electron chi connectivity index (χ3n) is 1.87. The summed E-state index contributed by atoms with van der Waals surface area (Å²) >= 11 is 0. The maximum atomic E-state index is 10.7. The van der Waals surface area contributed by atoms with Gasteiger partial charge in [-0.25, -0.2) is 0 Å². The lowest BCUT2D eigenvalue weighted by Crippen LogP contribution is -2.12. The molecule has 1 N–H and O–H groups in total. The van der Waals surface area contributed by atoms with E-state index in [0.717, 1.165) is 0 Å². The second kappa shape index (κ2) is 4.59. The number of nitrogens with zero attached hydrogens (tertiary/aromatic N) is 2. The monoisotopic (exact) mass is 212 g/mol. The first-order valence-corrected chi connectivity index (χ1v) is 4.28. The Kier molecular flexibility index (Phi) is 3.43. The van der Waals surface area contributed by atoms with Crippen LogP contribution in [0.4, 0.5) is 0 Å². The molecule has 1 unspecified atom stereocenters. The van der Waals surface area contributed by atoms with Crippen molar-refractivity contribution in [2.24, 2.45) is 0 Å². The van der Waals surface area contributed by atoms with E-state index in [-0.39, 0.29) is 17.6 Å². The highest BCUT2D eigenvalue weighted by Gasteiger charge is 2.19. The quantitative estimate of drug-likeness (QED) is 0.790. The molecule has 82 valence electrons. The largest absolute Gasteiger partial charge is 0.481 e. The van der Waals surface area contributed by atoms with Gasteiger partial charge in [0, 0.05) is 0 Å². The Morgan fingerprint density at radius 2 is 1.80 bits per heavy atom. The number of aromatic nitrogens is 2. The average Bonchev–Trinajstić information content (AvgIpc) is 2.27. The molecule has 0 radical (unpaired) electrons. The number of hydrogen-bond acceptors (Lipinski definition) is 5. The van der Waals surface area contributed by atoms with Crippen molar-refractivity contribution >= 4 is 5.97 Å². The highest BCUT2D eigenvalue weighted by Crippen LogP contribution is 2.19. The van der Waals surface area contributed by atoms with Crippen molar-refractivity contribution in [1.29, 1.82) is 0 Å². The van der Waals surface area contributed by atoms with Crippen molar-refractivity contribution in [3.05, 3.63) is 11.9 Å². The summed E-state index contributed by atoms with van der Waals surface area (Å²) in [5.74, 6) is -1.06. The van der Waals surface area contributed by atoms with Gasteiger partial charge in [-0.15, -0.1) is 0 Å². The Balaban J connectivity index is 3.11. The van der Waals surface area contributed by atoms with Crippen LogP contribution in [0, 0.1) is 0 Å². The first-order chi connectivity index (χ1) is 7.08. The summed E-state index contributed by atoms with van der Waals surface area (Å²) in [5, 5.41) is 8.80. The average molecular weight is 212 g/mol. The van der Waals surface area contributed by atoms with Crippen molar-refractivity contribution in [3.63, 3.8) is 0 Å². The molecule has 0 aliphatic carbocycles. The van der Waals surface area contributed by atoms with Gasteiger partial charge in [0.05, 0.1) is 20.3 Å². The fourth-order valence-corrected chi connectivity index (χ4v) is 0.934. The number of carbonyl (C=O) groups is 1. The van der Waals surface area contributed by atoms with Gasteiger partial charge in [0.2, 0.25) is 11.8 Å². The topological polar surface area (TPSA) is 81.5 Å². The number of methoxy groups -OCH3 is 2. The molecule has 0 amide bonds. The van der Waals surface area contributed by atoms with Gasteiger partial charge in [-0.2, -0.15) is 9.97 Å². The summed E-state index contributed by atoms with van der Waals surface area (Å²) in [6.45, 7) is 1.50. The number of ether oxygens (including phenoxy) is 2. The first-order valence-electron chi connectivity index (χ1n) is 4.28. The van der Waals surface area contributed by atoms with Crippen LogP contribution < -0.4 is 9.47 Å². The van der Waals surface area contributed by atoms with E-state index >= 15 is 0 Å². The molecule has 0 spiro atoms. The molecule has 1 heterocycles. The highest BCUT2D eigenvalue weighted by atomic mass is 16.5. The molecule has 0 bridgehead atoms. The zero-order valence-corrected chi connectivity index (χ0v) is 8.72. The zero-order valence-electron chi connectivity index (χ0n) is 8.72. The zero-order chi connectivity index (χ0) is 11.4. The summed E-state index contributed by atoms with van der Waals surface area (Å²) in [7, 11) is 2.88. The van der Waals surface area contributed by atoms with E-state index in [2.05, 4.69) is 9.97 Å². The van der Waals surface area contributed by atoms with E-state index < -0.39 is 11.9 Å². The third kappa shape index (κ3) is 2.55. The molecule has 0 aliphatic rings. The number of rotatable bonds is 4. The Morgan fingerprint density at radius 3 is 2.13 bits per heavy atom. The minimum absolute atomic E-state index is 0.165. The second-order valence-electron chi connectivity index (χ2n) is 2.87. The maximum Gasteiger partial charge on any atom is 0.313 e. The van der Waals surface area contributed by atoms with Gasteiger partial charge in [-0.1, -0.05) is 0 Å². The van der Waals surface area contributed by atoms with Gasteiger partial charge in [0.15, 0.2) is 0 Å². The standard InChI is InChI=1S/C9H12N2O4/c1-5(9(12)13)8-10-6(14-2)4-7(11-8)15-3/h4-5H,1-3H3,(H,12,13). The van der Waals surface area contributed by atoms with Gasteiger partial charge in [0.1, 0.15) is 11.7 Å². The lowest BCUT2D eigenvalue weighted by molar-refractivity contribution is -0.138. The minimum Gasteiger partial charge on any atom is -0.481 e. The van der Waals surface area contributed by atoms with E-state index in [1.807, 2.05) is 0 Å². The SMILES string of the molecule is COc1cc(OC)nc(C(C)C(=O)O)n1. The number of hydrogen-bond donors (Lipinski definition) is 1. The molecule has 0 saturated heterocycles. The predicted octanol–water partition coefficient (Wildman–Crippen LogP) is 0.682. The van der Waals surface area contributed by atoms with E-state index in [1.165, 1.54) is 27.2 Å². The molecule has 1 aromatic heterocycles. The van der Waals surface area contributed by atoms with E-state index in [4.69, 9.17) is 14.6 Å². The summed E-state index contributed by atoms with van der Waals surface area (Å²) < 4.78 is 9.81. The fourth-order valence-electron chi connectivity index (χ4n) is 0.934. The molecular weight excluding hydrogens is 200 g/mol. The van der Waals surface area contributed by atoms with Gasteiger partial charge in [0.25, 0.3) is 0 Å². The van der Waals surface area contributed by atoms with Crippen molar-refractivity contribution in [2.75, 3.05) is 14.2 Å². The molecule has 1 atom stereocenters. The smallest absolute Gasteiger partial charge is 0.313 e. The van der Waals surface area contributed by atoms with Gasteiger partial charge >= 0.3 is 5.97 Å². The highest BCUT2D eigenvalue weighted by molar-refractivity contribution is 5.74. The van der Waals surface area contributed by atoms with Crippen LogP contribution >= 0.6 is 0 Å². The van der Waals surface area contributed by atoms with Crippen LogP contribution in [0.25, 0.3) is 0 Å². The third-order valence-corrected chi connectivity index (χ3v) is 1.87. The Bertz CT molecular complexity index is 345. The normalized spacial score (nSPS) is 11.9. The Labute approximate surface area is 86.9 Å². The number of aliphatic carboxylic acids is 1. The molecule has 0 fully saturated rings. The molecular formula is C9H12N2O4. The van der Waals surface area contributed by atoms with E-state index in [0.29, 0.717) is 0 Å². The number of carboxylic acids is 1. The molecule has 1 aromatic rings. The summed E-state index contributed by atoms with van der Waals surface area (Å²) in [5.41, 5.74) is 0. The van der Waals surface area contributed by atoms with Crippen molar-refractivity contribution in [1.82, 2.24) is 9.97 Å². The summed E-state index contributed by atoms with van der Waals surface area (Å²) in [4.78, 5) is 18.6. The van der Waals surface area contributed by atoms with Crippen LogP contribution in [0.1, 0.15) is 18.7 Å². The van der Waals surface area contributed by atoms with Crippen LogP contribution in [-0.4, -0.2) is 35.3 Å². The molecule has 0 aliphatic heterocycles. The Hall–Kier alpha value is -1.85. The van der Waals surface area contributed by atoms with Crippen molar-refractivity contribution < 1.29 is 19.4 Å². The summed E-state index contributed by atoms with van der Waals surface area (Å²) in [6, 6.07) is 1.48. The summed E-state index contributed by atoms with van der Waals surface area (Å²) in [6.07, 6.45) is 0. The lowest BCUT2D eigenvalue weighted by atomic mass is 10.2. The van der Waals surface area contributed by atoms with E-state index in [9.17, 15) is 4.79 Å². The molecule has 0 saturated carbocycles. The minimum atomic E-state index is -0.995. The van der Waals surface area contributed by atoms with Crippen LogP contribution in [-0.2, 0) is 4.79 Å².